The van der Waals surface area contributed by atoms with Crippen molar-refractivity contribution in [2.75, 3.05) is 24.6 Å². The molecule has 3 aromatic heterocycles. The quantitative estimate of drug-likeness (QED) is 0.366. The molecule has 1 atom stereocenters. The normalized spacial score (nSPS) is 17.0. The van der Waals surface area contributed by atoms with Crippen LogP contribution in [0.15, 0.2) is 47.4 Å². The Balaban J connectivity index is 1.54. The number of epoxide rings is 1. The van der Waals surface area contributed by atoms with Crippen molar-refractivity contribution >= 4 is 34.4 Å². The van der Waals surface area contributed by atoms with Gasteiger partial charge in [0.15, 0.2) is 11.8 Å². The predicted molar refractivity (Wildman–Crippen MR) is 146 cm³/mol. The van der Waals surface area contributed by atoms with Gasteiger partial charge >= 0.3 is 5.69 Å². The first-order valence-corrected chi connectivity index (χ1v) is 13.1. The second-order valence-electron chi connectivity index (χ2n) is 10.2. The van der Waals surface area contributed by atoms with Crippen LogP contribution in [0.2, 0.25) is 5.02 Å². The van der Waals surface area contributed by atoms with Crippen LogP contribution in [-0.2, 0) is 9.53 Å². The lowest BCUT2D eigenvalue weighted by molar-refractivity contribution is -0.123. The zero-order valence-corrected chi connectivity index (χ0v) is 22.4. The number of anilines is 1. The molecule has 11 heteroatoms. The van der Waals surface area contributed by atoms with Crippen molar-refractivity contribution in [1.82, 2.24) is 24.8 Å². The fourth-order valence-electron chi connectivity index (χ4n) is 4.91. The van der Waals surface area contributed by atoms with Crippen LogP contribution in [-0.4, -0.2) is 57.3 Å². The van der Waals surface area contributed by atoms with Crippen LogP contribution in [0.25, 0.3) is 28.0 Å². The van der Waals surface area contributed by atoms with Crippen LogP contribution in [0, 0.1) is 12.7 Å². The zero-order valence-electron chi connectivity index (χ0n) is 21.6. The average molecular weight is 549 g/mol. The van der Waals surface area contributed by atoms with Crippen LogP contribution < -0.4 is 15.9 Å². The van der Waals surface area contributed by atoms with Gasteiger partial charge < -0.3 is 15.0 Å². The summed E-state index contributed by atoms with van der Waals surface area (Å²) < 4.78 is 21.3. The first-order valence-electron chi connectivity index (χ1n) is 12.7. The minimum absolute atomic E-state index is 0.00932. The van der Waals surface area contributed by atoms with Crippen molar-refractivity contribution in [2.24, 2.45) is 0 Å². The number of pyridine rings is 2. The number of carbonyl (C=O) groups is 1. The minimum atomic E-state index is -0.538. The van der Waals surface area contributed by atoms with E-state index in [9.17, 15) is 14.0 Å². The summed E-state index contributed by atoms with van der Waals surface area (Å²) in [5.41, 5.74) is 2.33. The standard InChI is InChI=1S/C28H26ClFN6O3/c1-14(2)22-24(15(3)8-9-31-22)36-26-18(10-19(29)23(33-26)17-6-4-5-7-20(17)30)25(34-28(36)38)35-11-16(12-35)32-27(37)21-13-39-21/h4-10,14,16,21H,11-13H2,1-3H3,(H,32,37). The summed E-state index contributed by atoms with van der Waals surface area (Å²) >= 11 is 6.69. The van der Waals surface area contributed by atoms with Crippen molar-refractivity contribution < 1.29 is 13.9 Å². The maximum absolute atomic E-state index is 14.8. The van der Waals surface area contributed by atoms with Gasteiger partial charge in [0.25, 0.3) is 5.91 Å². The number of fused-ring (bicyclic) bond motifs is 1. The van der Waals surface area contributed by atoms with E-state index < -0.39 is 11.5 Å². The Morgan fingerprint density at radius 3 is 2.64 bits per heavy atom. The van der Waals surface area contributed by atoms with Crippen molar-refractivity contribution in [1.29, 1.82) is 0 Å². The molecule has 0 aliphatic carbocycles. The second-order valence-corrected chi connectivity index (χ2v) is 10.6. The highest BCUT2D eigenvalue weighted by Crippen LogP contribution is 2.36. The van der Waals surface area contributed by atoms with Gasteiger partial charge in [0.1, 0.15) is 11.6 Å². The number of nitrogens with zero attached hydrogens (tertiary/aromatic N) is 5. The van der Waals surface area contributed by atoms with Gasteiger partial charge in [-0.05, 0) is 42.7 Å². The molecule has 2 fully saturated rings. The van der Waals surface area contributed by atoms with Crippen molar-refractivity contribution in [3.05, 3.63) is 75.2 Å². The first kappa shape index (κ1) is 25.4. The lowest BCUT2D eigenvalue weighted by Gasteiger charge is -2.40. The Morgan fingerprint density at radius 1 is 1.21 bits per heavy atom. The first-order chi connectivity index (χ1) is 18.7. The Morgan fingerprint density at radius 2 is 1.95 bits per heavy atom. The third kappa shape index (κ3) is 4.53. The van der Waals surface area contributed by atoms with Crippen LogP contribution in [0.1, 0.15) is 31.0 Å². The van der Waals surface area contributed by atoms with E-state index in [1.165, 1.54) is 10.6 Å². The minimum Gasteiger partial charge on any atom is -0.363 e. The van der Waals surface area contributed by atoms with Crippen LogP contribution in [0.3, 0.4) is 0 Å². The average Bonchev–Trinajstić information content (AvgIpc) is 3.72. The molecule has 9 nitrogen and oxygen atoms in total. The molecule has 2 saturated heterocycles. The molecule has 0 radical (unpaired) electrons. The van der Waals surface area contributed by atoms with Gasteiger partial charge in [-0.2, -0.15) is 4.98 Å². The van der Waals surface area contributed by atoms with Gasteiger partial charge in [-0.3, -0.25) is 9.78 Å². The van der Waals surface area contributed by atoms with Crippen molar-refractivity contribution in [3.63, 3.8) is 0 Å². The van der Waals surface area contributed by atoms with Crippen LogP contribution >= 0.6 is 11.6 Å². The molecule has 5 heterocycles. The molecule has 4 aromatic rings. The van der Waals surface area contributed by atoms with Crippen LogP contribution in [0.5, 0.6) is 0 Å². The van der Waals surface area contributed by atoms with Crippen molar-refractivity contribution in [2.45, 2.75) is 38.8 Å². The lowest BCUT2D eigenvalue weighted by atomic mass is 10.0. The van der Waals surface area contributed by atoms with Gasteiger partial charge in [-0.15, -0.1) is 0 Å². The van der Waals surface area contributed by atoms with Gasteiger partial charge in [-0.1, -0.05) is 37.6 Å². The largest absolute Gasteiger partial charge is 0.363 e. The van der Waals surface area contributed by atoms with E-state index in [1.807, 2.05) is 31.7 Å². The molecule has 2 aliphatic heterocycles. The third-order valence-corrected chi connectivity index (χ3v) is 7.30. The van der Waals surface area contributed by atoms with Crippen molar-refractivity contribution in [3.8, 4) is 16.9 Å². The Hall–Kier alpha value is -3.89. The van der Waals surface area contributed by atoms with E-state index in [2.05, 4.69) is 15.3 Å². The summed E-state index contributed by atoms with van der Waals surface area (Å²) in [5.74, 6) is -0.201. The second kappa shape index (κ2) is 9.69. The lowest BCUT2D eigenvalue weighted by Crippen LogP contribution is -2.60. The smallest absolute Gasteiger partial charge is 0.355 e. The molecule has 6 rings (SSSR count). The Labute approximate surface area is 228 Å². The molecular weight excluding hydrogens is 523 g/mol. The third-order valence-electron chi connectivity index (χ3n) is 7.01. The highest BCUT2D eigenvalue weighted by atomic mass is 35.5. The molecule has 1 aromatic carbocycles. The highest BCUT2D eigenvalue weighted by Gasteiger charge is 2.37. The summed E-state index contributed by atoms with van der Waals surface area (Å²) in [6, 6.07) is 9.63. The van der Waals surface area contributed by atoms with E-state index >= 15 is 0 Å². The Kier molecular flexibility index (Phi) is 6.31. The number of benzene rings is 1. The van der Waals surface area contributed by atoms with E-state index in [0.717, 1.165) is 5.56 Å². The van der Waals surface area contributed by atoms with E-state index in [1.54, 1.807) is 30.5 Å². The highest BCUT2D eigenvalue weighted by molar-refractivity contribution is 6.33. The Bertz CT molecular complexity index is 1680. The van der Waals surface area contributed by atoms with E-state index in [4.69, 9.17) is 21.3 Å². The van der Waals surface area contributed by atoms with Gasteiger partial charge in [-0.25, -0.2) is 18.7 Å². The summed E-state index contributed by atoms with van der Waals surface area (Å²) in [7, 11) is 0. The molecule has 39 heavy (non-hydrogen) atoms. The monoisotopic (exact) mass is 548 g/mol. The fraction of sp³-hybridized carbons (Fsp3) is 0.321. The summed E-state index contributed by atoms with van der Waals surface area (Å²) in [5, 5.41) is 3.71. The molecule has 0 spiro atoms. The summed E-state index contributed by atoms with van der Waals surface area (Å²) in [6.45, 7) is 7.25. The number of aryl methyl sites for hydroxylation is 1. The number of hydrogen-bond donors (Lipinski definition) is 1. The SMILES string of the molecule is Cc1ccnc(C(C)C)c1-n1c(=O)nc(N2CC(NC(=O)C3CO3)C2)c2cc(Cl)c(-c3ccccc3F)nc21. The topological polar surface area (TPSA) is 106 Å². The number of carbonyl (C=O) groups excluding carboxylic acids is 1. The van der Waals surface area contributed by atoms with E-state index in [-0.39, 0.29) is 40.3 Å². The summed E-state index contributed by atoms with van der Waals surface area (Å²) in [4.78, 5) is 41.5. The predicted octanol–water partition coefficient (Wildman–Crippen LogP) is 3.77. The maximum Gasteiger partial charge on any atom is 0.355 e. The molecule has 1 amide bonds. The molecule has 0 bridgehead atoms. The van der Waals surface area contributed by atoms with Crippen LogP contribution in [0.4, 0.5) is 10.2 Å². The number of hydrogen-bond acceptors (Lipinski definition) is 7. The number of amides is 1. The molecule has 2 aliphatic rings. The van der Waals surface area contributed by atoms with Gasteiger partial charge in [0.2, 0.25) is 0 Å². The maximum atomic E-state index is 14.8. The van der Waals surface area contributed by atoms with E-state index in [0.29, 0.717) is 47.9 Å². The number of nitrogens with one attached hydrogen (secondary N) is 1. The van der Waals surface area contributed by atoms with Gasteiger partial charge in [0.05, 0.1) is 40.1 Å². The molecule has 1 N–H and O–H groups in total. The summed E-state index contributed by atoms with van der Waals surface area (Å²) in [6.07, 6.45) is 1.33. The zero-order chi connectivity index (χ0) is 27.4. The molecular formula is C28H26ClFN6O3. The molecule has 0 saturated carbocycles. The molecule has 200 valence electrons. The number of aromatic nitrogens is 4. The van der Waals surface area contributed by atoms with Gasteiger partial charge in [0, 0.05) is 24.8 Å². The molecule has 1 unspecified atom stereocenters. The fourth-order valence-corrected chi connectivity index (χ4v) is 5.16. The number of halogens is 2. The number of ether oxygens (including phenoxy) is 1. The number of rotatable bonds is 6.